The summed E-state index contributed by atoms with van der Waals surface area (Å²) in [5, 5.41) is 10.3. The minimum absolute atomic E-state index is 0.00130. The number of β-lactam (4-membered cyclic amide) rings is 1. The molecule has 27 heavy (non-hydrogen) atoms. The molecule has 2 aliphatic heterocycles. The van der Waals surface area contributed by atoms with Crippen molar-refractivity contribution in [2.45, 2.75) is 69.1 Å². The summed E-state index contributed by atoms with van der Waals surface area (Å²) < 4.78 is 13.3. The van der Waals surface area contributed by atoms with E-state index in [-0.39, 0.29) is 35.6 Å². The Morgan fingerprint density at radius 3 is 2.56 bits per heavy atom. The fourth-order valence-electron chi connectivity index (χ4n) is 5.18. The summed E-state index contributed by atoms with van der Waals surface area (Å²) in [4.78, 5) is 28.7. The number of hydrogen-bond donors (Lipinski definition) is 1. The summed E-state index contributed by atoms with van der Waals surface area (Å²) in [6.07, 6.45) is 5.92. The summed E-state index contributed by atoms with van der Waals surface area (Å²) >= 11 is 0. The molecule has 146 valence electrons. The average molecular weight is 374 g/mol. The number of hydrogen-bond acceptors (Lipinski definition) is 3. The zero-order valence-corrected chi connectivity index (χ0v) is 15.6. The first-order chi connectivity index (χ1) is 13.0. The molecule has 6 heteroatoms. The van der Waals surface area contributed by atoms with Gasteiger partial charge in [-0.05, 0) is 43.4 Å². The molecule has 1 N–H and O–H groups in total. The smallest absolute Gasteiger partial charge is 0.254 e. The number of amides is 2. The van der Waals surface area contributed by atoms with E-state index in [2.05, 4.69) is 0 Å². The molecule has 2 heterocycles. The van der Waals surface area contributed by atoms with Crippen molar-refractivity contribution in [3.63, 3.8) is 0 Å². The lowest BCUT2D eigenvalue weighted by Crippen LogP contribution is -2.77. The first-order valence-electron chi connectivity index (χ1n) is 10.0. The number of aliphatic hydroxyl groups is 1. The van der Waals surface area contributed by atoms with Crippen molar-refractivity contribution in [1.82, 2.24) is 9.80 Å². The third-order valence-electron chi connectivity index (χ3n) is 6.61. The van der Waals surface area contributed by atoms with Crippen LogP contribution in [0.2, 0.25) is 0 Å². The molecule has 0 aromatic heterocycles. The first-order valence-corrected chi connectivity index (χ1v) is 10.0. The van der Waals surface area contributed by atoms with Crippen LogP contribution in [0, 0.1) is 5.82 Å². The number of rotatable bonds is 3. The van der Waals surface area contributed by atoms with E-state index in [1.54, 1.807) is 12.1 Å². The fourth-order valence-corrected chi connectivity index (χ4v) is 5.18. The molecule has 0 radical (unpaired) electrons. The zero-order chi connectivity index (χ0) is 19.0. The van der Waals surface area contributed by atoms with E-state index in [1.165, 1.54) is 18.6 Å². The van der Waals surface area contributed by atoms with E-state index in [4.69, 9.17) is 0 Å². The van der Waals surface area contributed by atoms with Crippen LogP contribution in [-0.4, -0.2) is 57.5 Å². The highest BCUT2D eigenvalue weighted by molar-refractivity contribution is 5.90. The zero-order valence-electron chi connectivity index (χ0n) is 15.6. The molecule has 1 aliphatic carbocycles. The second-order valence-corrected chi connectivity index (χ2v) is 8.19. The summed E-state index contributed by atoms with van der Waals surface area (Å²) in [6, 6.07) is 6.27. The minimum Gasteiger partial charge on any atom is -0.381 e. The Hall–Kier alpha value is -1.95. The van der Waals surface area contributed by atoms with Gasteiger partial charge in [0.2, 0.25) is 5.91 Å². The average Bonchev–Trinajstić information content (AvgIpc) is 2.69. The van der Waals surface area contributed by atoms with Crippen molar-refractivity contribution in [2.24, 2.45) is 0 Å². The highest BCUT2D eigenvalue weighted by Gasteiger charge is 2.61. The number of benzene rings is 1. The molecule has 0 bridgehead atoms. The van der Waals surface area contributed by atoms with Crippen LogP contribution >= 0.6 is 0 Å². The number of aliphatic hydroxyl groups excluding tert-OH is 1. The molecule has 1 aromatic rings. The second kappa shape index (κ2) is 7.23. The van der Waals surface area contributed by atoms with Gasteiger partial charge in [-0.3, -0.25) is 9.59 Å². The van der Waals surface area contributed by atoms with Crippen molar-refractivity contribution >= 4 is 11.8 Å². The molecule has 1 aromatic carbocycles. The third kappa shape index (κ3) is 3.24. The topological polar surface area (TPSA) is 60.9 Å². The van der Waals surface area contributed by atoms with E-state index in [1.807, 2.05) is 9.80 Å². The predicted octanol–water partition coefficient (Wildman–Crippen LogP) is 2.27. The van der Waals surface area contributed by atoms with Crippen LogP contribution in [-0.2, 0) is 16.0 Å². The van der Waals surface area contributed by atoms with Gasteiger partial charge in [0.1, 0.15) is 5.82 Å². The minimum atomic E-state index is -0.842. The largest absolute Gasteiger partial charge is 0.381 e. The van der Waals surface area contributed by atoms with Crippen molar-refractivity contribution in [3.05, 3.63) is 35.6 Å². The van der Waals surface area contributed by atoms with E-state index >= 15 is 0 Å². The maximum absolute atomic E-state index is 13.3. The number of nitrogens with zero attached hydrogens (tertiary/aromatic N) is 2. The molecule has 1 spiro atoms. The van der Waals surface area contributed by atoms with Crippen molar-refractivity contribution < 1.29 is 19.1 Å². The van der Waals surface area contributed by atoms with Crippen LogP contribution in [0.25, 0.3) is 0 Å². The number of piperidine rings is 1. The maximum atomic E-state index is 13.3. The highest BCUT2D eigenvalue weighted by Crippen LogP contribution is 2.46. The van der Waals surface area contributed by atoms with E-state index in [0.29, 0.717) is 18.7 Å². The lowest BCUT2D eigenvalue weighted by molar-refractivity contribution is -0.201. The molecule has 3 fully saturated rings. The standard InChI is InChI=1S/C21H27FN2O3/c22-16-6-4-5-15(13-16)14-18(25)23-11-7-17(8-12-23)24-20(27)19(26)21(24)9-2-1-3-10-21/h4-6,13,17,19,26H,1-3,7-12,14H2. The lowest BCUT2D eigenvalue weighted by Gasteiger charge is -2.61. The molecular formula is C21H27FN2O3. The summed E-state index contributed by atoms with van der Waals surface area (Å²) in [7, 11) is 0. The van der Waals surface area contributed by atoms with Gasteiger partial charge >= 0.3 is 0 Å². The van der Waals surface area contributed by atoms with E-state index < -0.39 is 6.10 Å². The van der Waals surface area contributed by atoms with Gasteiger partial charge in [0, 0.05) is 19.1 Å². The Morgan fingerprint density at radius 1 is 1.19 bits per heavy atom. The van der Waals surface area contributed by atoms with Gasteiger partial charge < -0.3 is 14.9 Å². The molecule has 2 amide bonds. The van der Waals surface area contributed by atoms with Gasteiger partial charge in [0.25, 0.3) is 5.91 Å². The maximum Gasteiger partial charge on any atom is 0.254 e. The molecule has 2 saturated heterocycles. The van der Waals surface area contributed by atoms with Crippen LogP contribution in [0.3, 0.4) is 0 Å². The molecule has 1 unspecified atom stereocenters. The third-order valence-corrected chi connectivity index (χ3v) is 6.61. The number of carbonyl (C=O) groups is 2. The van der Waals surface area contributed by atoms with Crippen LogP contribution in [0.15, 0.2) is 24.3 Å². The highest BCUT2D eigenvalue weighted by atomic mass is 19.1. The van der Waals surface area contributed by atoms with Crippen molar-refractivity contribution in [1.29, 1.82) is 0 Å². The van der Waals surface area contributed by atoms with E-state index in [9.17, 15) is 19.1 Å². The molecule has 1 atom stereocenters. The van der Waals surface area contributed by atoms with Gasteiger partial charge in [0.15, 0.2) is 6.10 Å². The Bertz CT molecular complexity index is 724. The van der Waals surface area contributed by atoms with Gasteiger partial charge in [-0.25, -0.2) is 4.39 Å². The van der Waals surface area contributed by atoms with Gasteiger partial charge in [-0.15, -0.1) is 0 Å². The van der Waals surface area contributed by atoms with Crippen LogP contribution in [0.4, 0.5) is 4.39 Å². The van der Waals surface area contributed by atoms with E-state index in [0.717, 1.165) is 38.5 Å². The predicted molar refractivity (Wildman–Crippen MR) is 98.4 cm³/mol. The Balaban J connectivity index is 1.36. The van der Waals surface area contributed by atoms with Gasteiger partial charge in [-0.1, -0.05) is 31.4 Å². The monoisotopic (exact) mass is 374 g/mol. The van der Waals surface area contributed by atoms with Crippen LogP contribution in [0.1, 0.15) is 50.5 Å². The van der Waals surface area contributed by atoms with Gasteiger partial charge in [-0.2, -0.15) is 0 Å². The van der Waals surface area contributed by atoms with Crippen LogP contribution in [0.5, 0.6) is 0 Å². The van der Waals surface area contributed by atoms with Crippen molar-refractivity contribution in [2.75, 3.05) is 13.1 Å². The summed E-state index contributed by atoms with van der Waals surface area (Å²) in [5.74, 6) is -0.463. The second-order valence-electron chi connectivity index (χ2n) is 8.19. The Morgan fingerprint density at radius 2 is 1.89 bits per heavy atom. The summed E-state index contributed by atoms with van der Waals surface area (Å²) in [6.45, 7) is 1.21. The fraction of sp³-hybridized carbons (Fsp3) is 0.619. The quantitative estimate of drug-likeness (QED) is 0.826. The molecule has 4 rings (SSSR count). The summed E-state index contributed by atoms with van der Waals surface area (Å²) in [5.41, 5.74) is 0.331. The molecule has 1 saturated carbocycles. The Labute approximate surface area is 159 Å². The Kier molecular flexibility index (Phi) is 4.93. The molecule has 5 nitrogen and oxygen atoms in total. The number of carbonyl (C=O) groups excluding carboxylic acids is 2. The van der Waals surface area contributed by atoms with Crippen molar-refractivity contribution in [3.8, 4) is 0 Å². The molecular weight excluding hydrogens is 347 g/mol. The van der Waals surface area contributed by atoms with Gasteiger partial charge in [0.05, 0.1) is 12.0 Å². The van der Waals surface area contributed by atoms with Crippen LogP contribution < -0.4 is 0 Å². The lowest BCUT2D eigenvalue weighted by atomic mass is 9.68. The first kappa shape index (κ1) is 18.4. The molecule has 3 aliphatic rings. The number of halogens is 1. The number of likely N-dealkylation sites (tertiary alicyclic amines) is 2. The normalized spacial score (nSPS) is 25.6. The SMILES string of the molecule is O=C(Cc1cccc(F)c1)N1CCC(N2C(=O)C(O)C23CCCCC3)CC1.